The third-order valence-electron chi connectivity index (χ3n) is 7.33. The summed E-state index contributed by atoms with van der Waals surface area (Å²) < 4.78 is 10.6. The Morgan fingerprint density at radius 1 is 1.23 bits per heavy atom. The van der Waals surface area contributed by atoms with Crippen molar-refractivity contribution in [1.29, 1.82) is 0 Å². The molecule has 0 saturated heterocycles. The second-order valence-corrected chi connectivity index (χ2v) is 14.4. The van der Waals surface area contributed by atoms with Crippen LogP contribution in [0.25, 0.3) is 0 Å². The molecule has 3 rings (SSSR count). The molecule has 1 saturated carbocycles. The highest BCUT2D eigenvalue weighted by molar-refractivity contribution is 6.69. The fourth-order valence-electron chi connectivity index (χ4n) is 5.73. The molecule has 0 radical (unpaired) electrons. The van der Waals surface area contributed by atoms with Crippen LogP contribution < -0.4 is 4.74 Å². The van der Waals surface area contributed by atoms with Crippen LogP contribution in [0.3, 0.4) is 0 Å². The molecule has 2 aliphatic carbocycles. The van der Waals surface area contributed by atoms with Crippen LogP contribution in [0.1, 0.15) is 67.9 Å². The van der Waals surface area contributed by atoms with Gasteiger partial charge in [0, 0.05) is 18.9 Å². The zero-order valence-corrected chi connectivity index (χ0v) is 20.5. The van der Waals surface area contributed by atoms with Crippen LogP contribution in [-0.4, -0.2) is 37.9 Å². The van der Waals surface area contributed by atoms with Crippen LogP contribution in [-0.2, 0) is 26.2 Å². The summed E-state index contributed by atoms with van der Waals surface area (Å²) in [6, 6.07) is 4.19. The Hall–Kier alpha value is -1.99. The molecule has 1 aromatic rings. The maximum Gasteiger partial charge on any atom is 0.311 e. The number of ether oxygens (including phenoxy) is 2. The van der Waals surface area contributed by atoms with Gasteiger partial charge in [0.15, 0.2) is 14.1 Å². The molecule has 2 aliphatic rings. The second-order valence-electron chi connectivity index (χ2n) is 10.3. The minimum absolute atomic E-state index is 0.0105. The Bertz CT molecular complexity index is 917. The van der Waals surface area contributed by atoms with E-state index >= 15 is 0 Å². The van der Waals surface area contributed by atoms with Crippen LogP contribution in [0.2, 0.25) is 19.1 Å². The fourth-order valence-corrected chi connectivity index (χ4v) is 6.61. The van der Waals surface area contributed by atoms with E-state index in [1.165, 1.54) is 14.0 Å². The maximum absolute atomic E-state index is 13.4. The van der Waals surface area contributed by atoms with Crippen LogP contribution in [0, 0.1) is 11.3 Å². The quantitative estimate of drug-likeness (QED) is 0.415. The number of aryl methyl sites for hydroxylation is 1. The third-order valence-corrected chi connectivity index (χ3v) is 8.80. The number of benzene rings is 1. The van der Waals surface area contributed by atoms with Crippen molar-refractivity contribution in [3.63, 3.8) is 0 Å². The first kappa shape index (κ1) is 23.7. The highest BCUT2D eigenvalue weighted by atomic mass is 28.4. The number of hydrogen-bond donors (Lipinski definition) is 1. The standard InChI is InChI=1S/C24H34O6Si/c1-15(25)30-17-12-16(8-11-31(5,6)28)21-18(13-17)23(2)9-7-10-24(3,22(27)29-4)20(23)14-19(21)26/h12-13,20,28H,7-11,14H2,1-6H3/t20-,23-,24+/m1/s1. The van der Waals surface area contributed by atoms with Gasteiger partial charge in [-0.15, -0.1) is 0 Å². The molecular formula is C24H34O6Si. The normalized spacial score (nSPS) is 27.8. The number of Topliss-reactive ketones (excluding diaryl/α,β-unsaturated/α-hetero) is 1. The van der Waals surface area contributed by atoms with E-state index in [2.05, 4.69) is 6.92 Å². The molecular weight excluding hydrogens is 412 g/mol. The number of hydrogen-bond acceptors (Lipinski definition) is 6. The monoisotopic (exact) mass is 446 g/mol. The summed E-state index contributed by atoms with van der Waals surface area (Å²) in [5, 5.41) is 0. The Labute approximate surface area is 185 Å². The van der Waals surface area contributed by atoms with Gasteiger partial charge in [-0.05, 0) is 79.9 Å². The van der Waals surface area contributed by atoms with Crippen molar-refractivity contribution in [2.75, 3.05) is 7.11 Å². The third kappa shape index (κ3) is 4.35. The van der Waals surface area contributed by atoms with Crippen molar-refractivity contribution in [3.8, 4) is 5.75 Å². The number of esters is 2. The Kier molecular flexibility index (Phi) is 6.24. The van der Waals surface area contributed by atoms with E-state index in [0.717, 1.165) is 24.0 Å². The number of rotatable bonds is 5. The van der Waals surface area contributed by atoms with Gasteiger partial charge in [0.05, 0.1) is 12.5 Å². The molecule has 0 heterocycles. The highest BCUT2D eigenvalue weighted by Gasteiger charge is 2.57. The lowest BCUT2D eigenvalue weighted by Crippen LogP contribution is -2.54. The zero-order valence-electron chi connectivity index (χ0n) is 19.5. The molecule has 0 aliphatic heterocycles. The highest BCUT2D eigenvalue weighted by Crippen LogP contribution is 2.58. The number of carbonyl (C=O) groups is 3. The van der Waals surface area contributed by atoms with E-state index in [-0.39, 0.29) is 24.1 Å². The minimum Gasteiger partial charge on any atom is -0.469 e. The van der Waals surface area contributed by atoms with Crippen molar-refractivity contribution >= 4 is 26.0 Å². The number of methoxy groups -OCH3 is 1. The molecule has 7 heteroatoms. The molecule has 31 heavy (non-hydrogen) atoms. The molecule has 0 amide bonds. The van der Waals surface area contributed by atoms with E-state index < -0.39 is 25.1 Å². The smallest absolute Gasteiger partial charge is 0.311 e. The average Bonchev–Trinajstić information content (AvgIpc) is 2.66. The largest absolute Gasteiger partial charge is 0.469 e. The van der Waals surface area contributed by atoms with E-state index in [0.29, 0.717) is 30.2 Å². The second kappa shape index (κ2) is 8.17. The SMILES string of the molecule is COC(=O)[C@@]1(C)CCC[C@]2(C)c3cc(OC(C)=O)cc(CC[Si](C)(C)O)c3C(=O)C[C@@H]12. The van der Waals surface area contributed by atoms with Crippen LogP contribution >= 0.6 is 0 Å². The van der Waals surface area contributed by atoms with Gasteiger partial charge in [-0.1, -0.05) is 13.3 Å². The molecule has 3 atom stereocenters. The molecule has 1 aromatic carbocycles. The van der Waals surface area contributed by atoms with E-state index in [4.69, 9.17) is 9.47 Å². The topological polar surface area (TPSA) is 89.9 Å². The van der Waals surface area contributed by atoms with Gasteiger partial charge < -0.3 is 14.3 Å². The van der Waals surface area contributed by atoms with E-state index in [1.54, 1.807) is 6.07 Å². The van der Waals surface area contributed by atoms with E-state index in [1.807, 2.05) is 26.1 Å². The molecule has 0 bridgehead atoms. The Balaban J connectivity index is 2.18. The Morgan fingerprint density at radius 2 is 1.90 bits per heavy atom. The molecule has 0 aromatic heterocycles. The van der Waals surface area contributed by atoms with Gasteiger partial charge >= 0.3 is 11.9 Å². The maximum atomic E-state index is 13.4. The van der Waals surface area contributed by atoms with Crippen molar-refractivity contribution in [2.45, 2.75) is 77.4 Å². The summed E-state index contributed by atoms with van der Waals surface area (Å²) in [6.45, 7) is 9.13. The summed E-state index contributed by atoms with van der Waals surface area (Å²) in [4.78, 5) is 48.3. The zero-order chi connectivity index (χ0) is 23.2. The first-order chi connectivity index (χ1) is 14.3. The van der Waals surface area contributed by atoms with Gasteiger partial charge in [0.1, 0.15) is 5.75 Å². The predicted octanol–water partition coefficient (Wildman–Crippen LogP) is 4.18. The van der Waals surface area contributed by atoms with Crippen LogP contribution in [0.4, 0.5) is 0 Å². The lowest BCUT2D eigenvalue weighted by Gasteiger charge is -2.53. The van der Waals surface area contributed by atoms with Crippen molar-refractivity contribution < 1.29 is 28.7 Å². The van der Waals surface area contributed by atoms with Gasteiger partial charge in [-0.25, -0.2) is 0 Å². The predicted molar refractivity (Wildman–Crippen MR) is 120 cm³/mol. The summed E-state index contributed by atoms with van der Waals surface area (Å²) in [5.41, 5.74) is 1.20. The van der Waals surface area contributed by atoms with E-state index in [9.17, 15) is 19.2 Å². The van der Waals surface area contributed by atoms with Crippen molar-refractivity contribution in [2.24, 2.45) is 11.3 Å². The molecule has 1 fully saturated rings. The first-order valence-electron chi connectivity index (χ1n) is 11.0. The first-order valence-corrected chi connectivity index (χ1v) is 14.2. The average molecular weight is 447 g/mol. The van der Waals surface area contributed by atoms with Crippen molar-refractivity contribution in [1.82, 2.24) is 0 Å². The summed E-state index contributed by atoms with van der Waals surface area (Å²) in [7, 11) is -0.935. The van der Waals surface area contributed by atoms with Gasteiger partial charge in [0.25, 0.3) is 0 Å². The Morgan fingerprint density at radius 3 is 2.48 bits per heavy atom. The number of carbonyl (C=O) groups excluding carboxylic acids is 3. The van der Waals surface area contributed by atoms with Gasteiger partial charge in [-0.3, -0.25) is 14.4 Å². The fraction of sp³-hybridized carbons (Fsp3) is 0.625. The molecule has 1 N–H and O–H groups in total. The summed E-state index contributed by atoms with van der Waals surface area (Å²) in [6.07, 6.45) is 3.20. The molecule has 0 unspecified atom stereocenters. The van der Waals surface area contributed by atoms with Gasteiger partial charge in [0.2, 0.25) is 0 Å². The number of fused-ring (bicyclic) bond motifs is 3. The lowest BCUT2D eigenvalue weighted by atomic mass is 9.49. The lowest BCUT2D eigenvalue weighted by molar-refractivity contribution is -0.160. The van der Waals surface area contributed by atoms with Crippen LogP contribution in [0.15, 0.2) is 12.1 Å². The summed E-state index contributed by atoms with van der Waals surface area (Å²) >= 11 is 0. The van der Waals surface area contributed by atoms with Crippen LogP contribution in [0.5, 0.6) is 5.75 Å². The number of ketones is 1. The molecule has 6 nitrogen and oxygen atoms in total. The summed E-state index contributed by atoms with van der Waals surface area (Å²) in [5.74, 6) is -0.459. The van der Waals surface area contributed by atoms with Gasteiger partial charge in [-0.2, -0.15) is 0 Å². The molecule has 170 valence electrons. The van der Waals surface area contributed by atoms with Crippen molar-refractivity contribution in [3.05, 3.63) is 28.8 Å². The molecule has 0 spiro atoms. The minimum atomic E-state index is -2.33.